The number of halogens is 1. The van der Waals surface area contributed by atoms with Gasteiger partial charge in [-0.2, -0.15) is 0 Å². The first-order valence-corrected chi connectivity index (χ1v) is 10.2. The largest absolute Gasteiger partial charge is 0.491 e. The molecule has 0 fully saturated rings. The molecule has 3 aromatic rings. The lowest BCUT2D eigenvalue weighted by Crippen LogP contribution is -2.44. The fourth-order valence-electron chi connectivity index (χ4n) is 3.69. The normalized spacial score (nSPS) is 12.6. The summed E-state index contributed by atoms with van der Waals surface area (Å²) in [5, 5.41) is 13.1. The van der Waals surface area contributed by atoms with Gasteiger partial charge in [-0.15, -0.1) is 0 Å². The van der Waals surface area contributed by atoms with Crippen LogP contribution in [0.2, 0.25) is 5.02 Å². The summed E-state index contributed by atoms with van der Waals surface area (Å²) < 4.78 is 5.98. The molecule has 0 bridgehead atoms. The predicted octanol–water partition coefficient (Wildman–Crippen LogP) is 5.71. The van der Waals surface area contributed by atoms with Gasteiger partial charge in [-0.1, -0.05) is 24.6 Å². The number of carboxylic acid groups (broad SMARTS) is 1. The lowest BCUT2D eigenvalue weighted by Gasteiger charge is -2.28. The maximum absolute atomic E-state index is 10.9. The number of amides is 1. The van der Waals surface area contributed by atoms with Gasteiger partial charge in [0.2, 0.25) is 0 Å². The van der Waals surface area contributed by atoms with E-state index in [1.54, 1.807) is 12.4 Å². The number of nitrogens with zero attached hydrogens (tertiary/aromatic N) is 2. The Balaban J connectivity index is 1.73. The molecule has 30 heavy (non-hydrogen) atoms. The lowest BCUT2D eigenvalue weighted by atomic mass is 9.92. The summed E-state index contributed by atoms with van der Waals surface area (Å²) in [7, 11) is 0. The Bertz CT molecular complexity index is 1070. The molecular formula is C23H26ClN3O3. The predicted molar refractivity (Wildman–Crippen MR) is 119 cm³/mol. The molecule has 7 heteroatoms. The zero-order valence-electron chi connectivity index (χ0n) is 17.6. The first-order valence-electron chi connectivity index (χ1n) is 9.80. The van der Waals surface area contributed by atoms with E-state index in [0.29, 0.717) is 18.1 Å². The number of nitrogens with one attached hydrogen (secondary N) is 1. The Morgan fingerprint density at radius 1 is 1.27 bits per heavy atom. The third kappa shape index (κ3) is 5.39. The van der Waals surface area contributed by atoms with E-state index in [0.717, 1.165) is 33.5 Å². The van der Waals surface area contributed by atoms with Crippen molar-refractivity contribution in [1.82, 2.24) is 15.3 Å². The fraction of sp³-hybridized carbons (Fsp3) is 0.348. The minimum absolute atomic E-state index is 0.166. The number of benzene rings is 1. The van der Waals surface area contributed by atoms with Crippen LogP contribution in [-0.4, -0.2) is 33.3 Å². The number of fused-ring (bicyclic) bond motifs is 1. The number of aromatic nitrogens is 2. The molecule has 158 valence electrons. The Hall–Kier alpha value is -2.86. The molecule has 1 amide bonds. The van der Waals surface area contributed by atoms with E-state index >= 15 is 0 Å². The van der Waals surface area contributed by atoms with Crippen molar-refractivity contribution >= 4 is 28.6 Å². The molecule has 0 radical (unpaired) electrons. The fourth-order valence-corrected chi connectivity index (χ4v) is 3.86. The molecule has 0 spiro atoms. The highest BCUT2D eigenvalue weighted by atomic mass is 35.5. The van der Waals surface area contributed by atoms with E-state index in [2.05, 4.69) is 15.3 Å². The van der Waals surface area contributed by atoms with E-state index in [1.807, 2.05) is 58.0 Å². The molecule has 6 nitrogen and oxygen atoms in total. The number of carbonyl (C=O) groups is 1. The van der Waals surface area contributed by atoms with Crippen LogP contribution in [0, 0.1) is 12.8 Å². The standard InChI is InChI=1S/C23H26ClN3O3/c1-14(11-23(3,4)27-22(28)29)13-30-21-12-26-19(9-15(21)2)18-7-8-25-20-10-16(24)5-6-17(18)20/h5-10,12,14,27H,11,13H2,1-4H3,(H,28,29). The highest BCUT2D eigenvalue weighted by Gasteiger charge is 2.23. The van der Waals surface area contributed by atoms with Crippen molar-refractivity contribution in [2.45, 2.75) is 39.7 Å². The van der Waals surface area contributed by atoms with Crippen molar-refractivity contribution in [3.63, 3.8) is 0 Å². The molecule has 1 aromatic carbocycles. The first-order chi connectivity index (χ1) is 14.1. The first kappa shape index (κ1) is 21.8. The molecule has 0 saturated heterocycles. The maximum atomic E-state index is 10.9. The topological polar surface area (TPSA) is 84.3 Å². The number of rotatable bonds is 7. The van der Waals surface area contributed by atoms with Gasteiger partial charge in [-0.25, -0.2) is 4.79 Å². The Labute approximate surface area is 181 Å². The summed E-state index contributed by atoms with van der Waals surface area (Å²) in [5.41, 5.74) is 3.12. The SMILES string of the molecule is Cc1cc(-c2ccnc3cc(Cl)ccc23)ncc1OCC(C)CC(C)(C)NC(=O)O. The quantitative estimate of drug-likeness (QED) is 0.504. The van der Waals surface area contributed by atoms with Gasteiger partial charge in [0.1, 0.15) is 5.75 Å². The summed E-state index contributed by atoms with van der Waals surface area (Å²) in [6.45, 7) is 8.23. The van der Waals surface area contributed by atoms with E-state index in [4.69, 9.17) is 21.4 Å². The van der Waals surface area contributed by atoms with Gasteiger partial charge in [0.05, 0.1) is 24.0 Å². The van der Waals surface area contributed by atoms with E-state index in [-0.39, 0.29) is 5.92 Å². The minimum Gasteiger partial charge on any atom is -0.491 e. The van der Waals surface area contributed by atoms with E-state index in [1.165, 1.54) is 0 Å². The van der Waals surface area contributed by atoms with Gasteiger partial charge in [0, 0.05) is 27.7 Å². The highest BCUT2D eigenvalue weighted by molar-refractivity contribution is 6.31. The minimum atomic E-state index is -1.02. The Kier molecular flexibility index (Phi) is 6.46. The monoisotopic (exact) mass is 427 g/mol. The number of aryl methyl sites for hydroxylation is 1. The van der Waals surface area contributed by atoms with Crippen LogP contribution in [0.5, 0.6) is 5.75 Å². The third-order valence-corrected chi connectivity index (χ3v) is 5.11. The average Bonchev–Trinajstić information content (AvgIpc) is 2.64. The molecule has 2 heterocycles. The summed E-state index contributed by atoms with van der Waals surface area (Å²) >= 11 is 6.08. The van der Waals surface area contributed by atoms with Gasteiger partial charge in [-0.3, -0.25) is 9.97 Å². The lowest BCUT2D eigenvalue weighted by molar-refractivity contribution is 0.169. The average molecular weight is 428 g/mol. The maximum Gasteiger partial charge on any atom is 0.405 e. The van der Waals surface area contributed by atoms with Crippen molar-refractivity contribution in [1.29, 1.82) is 0 Å². The second kappa shape index (κ2) is 8.88. The van der Waals surface area contributed by atoms with Crippen molar-refractivity contribution in [3.05, 3.63) is 53.3 Å². The Morgan fingerprint density at radius 3 is 2.73 bits per heavy atom. The van der Waals surface area contributed by atoms with Crippen LogP contribution in [0.15, 0.2) is 42.7 Å². The smallest absolute Gasteiger partial charge is 0.405 e. The van der Waals surface area contributed by atoms with Gasteiger partial charge >= 0.3 is 6.09 Å². The van der Waals surface area contributed by atoms with Gasteiger partial charge < -0.3 is 15.2 Å². The van der Waals surface area contributed by atoms with Crippen LogP contribution < -0.4 is 10.1 Å². The number of pyridine rings is 2. The summed E-state index contributed by atoms with van der Waals surface area (Å²) in [5.74, 6) is 0.885. The molecule has 2 aromatic heterocycles. The molecule has 0 aliphatic carbocycles. The van der Waals surface area contributed by atoms with Crippen LogP contribution >= 0.6 is 11.6 Å². The number of hydrogen-bond acceptors (Lipinski definition) is 4. The van der Waals surface area contributed by atoms with E-state index in [9.17, 15) is 4.79 Å². The van der Waals surface area contributed by atoms with Crippen LogP contribution in [0.3, 0.4) is 0 Å². The van der Waals surface area contributed by atoms with Gasteiger partial charge in [-0.05, 0) is 62.9 Å². The highest BCUT2D eigenvalue weighted by Crippen LogP contribution is 2.30. The zero-order valence-corrected chi connectivity index (χ0v) is 18.3. The zero-order chi connectivity index (χ0) is 21.9. The summed E-state index contributed by atoms with van der Waals surface area (Å²) in [6.07, 6.45) is 3.13. The molecule has 0 saturated carbocycles. The van der Waals surface area contributed by atoms with Crippen LogP contribution in [0.25, 0.3) is 22.2 Å². The molecule has 1 atom stereocenters. The van der Waals surface area contributed by atoms with Crippen molar-refractivity contribution in [2.75, 3.05) is 6.61 Å². The van der Waals surface area contributed by atoms with Crippen LogP contribution in [0.4, 0.5) is 4.79 Å². The number of hydrogen-bond donors (Lipinski definition) is 2. The second-order valence-electron chi connectivity index (χ2n) is 8.29. The van der Waals surface area contributed by atoms with Crippen LogP contribution in [-0.2, 0) is 0 Å². The van der Waals surface area contributed by atoms with Crippen LogP contribution in [0.1, 0.15) is 32.8 Å². The van der Waals surface area contributed by atoms with Gasteiger partial charge in [0.25, 0.3) is 0 Å². The Morgan fingerprint density at radius 2 is 2.03 bits per heavy atom. The second-order valence-corrected chi connectivity index (χ2v) is 8.73. The molecular weight excluding hydrogens is 402 g/mol. The molecule has 0 aliphatic rings. The molecule has 1 unspecified atom stereocenters. The molecule has 3 rings (SSSR count). The third-order valence-electron chi connectivity index (χ3n) is 4.87. The molecule has 0 aliphatic heterocycles. The van der Waals surface area contributed by atoms with Crippen molar-refractivity contribution < 1.29 is 14.6 Å². The van der Waals surface area contributed by atoms with E-state index < -0.39 is 11.6 Å². The molecule has 2 N–H and O–H groups in total. The van der Waals surface area contributed by atoms with Crippen molar-refractivity contribution in [3.8, 4) is 17.0 Å². The summed E-state index contributed by atoms with van der Waals surface area (Å²) in [6, 6.07) is 9.59. The van der Waals surface area contributed by atoms with Gasteiger partial charge in [0.15, 0.2) is 0 Å². The number of ether oxygens (including phenoxy) is 1. The van der Waals surface area contributed by atoms with Crippen molar-refractivity contribution in [2.24, 2.45) is 5.92 Å². The summed E-state index contributed by atoms with van der Waals surface area (Å²) in [4.78, 5) is 19.9.